The maximum atomic E-state index is 10.3. The fourth-order valence-electron chi connectivity index (χ4n) is 1.83. The molecule has 0 N–H and O–H groups in total. The van der Waals surface area contributed by atoms with Gasteiger partial charge in [0.2, 0.25) is 0 Å². The van der Waals surface area contributed by atoms with E-state index in [0.717, 1.165) is 12.8 Å². The van der Waals surface area contributed by atoms with Crippen LogP contribution in [0.2, 0.25) is 0 Å². The fourth-order valence-corrected chi connectivity index (χ4v) is 1.83. The highest BCUT2D eigenvalue weighted by Crippen LogP contribution is 2.54. The zero-order valence-electron chi connectivity index (χ0n) is 7.47. The summed E-state index contributed by atoms with van der Waals surface area (Å²) >= 11 is 0. The number of hydrogen-bond donors (Lipinski definition) is 0. The van der Waals surface area contributed by atoms with Gasteiger partial charge in [0.15, 0.2) is 0 Å². The first-order valence-corrected chi connectivity index (χ1v) is 4.61. The summed E-state index contributed by atoms with van der Waals surface area (Å²) in [5, 5.41) is 3.13. The van der Waals surface area contributed by atoms with E-state index >= 15 is 0 Å². The van der Waals surface area contributed by atoms with E-state index in [2.05, 4.69) is 19.0 Å². The monoisotopic (exact) mass is 155 g/mol. The van der Waals surface area contributed by atoms with Gasteiger partial charge in [-0.05, 0) is 24.7 Å². The Morgan fingerprint density at radius 3 is 2.64 bits per heavy atom. The van der Waals surface area contributed by atoms with Crippen LogP contribution in [-0.4, -0.2) is 6.04 Å². The molecule has 0 aromatic carbocycles. The summed E-state index contributed by atoms with van der Waals surface area (Å²) in [7, 11) is 0. The second kappa shape index (κ2) is 3.33. The van der Waals surface area contributed by atoms with E-state index in [4.69, 9.17) is 0 Å². The van der Waals surface area contributed by atoms with Crippen LogP contribution in [0.1, 0.15) is 46.0 Å². The Hall–Kier alpha value is -0.400. The summed E-state index contributed by atoms with van der Waals surface area (Å²) in [5.41, 5.74) is 0.331. The molecule has 11 heavy (non-hydrogen) atoms. The van der Waals surface area contributed by atoms with Crippen molar-refractivity contribution in [2.24, 2.45) is 10.6 Å². The van der Waals surface area contributed by atoms with E-state index in [0.29, 0.717) is 5.41 Å². The van der Waals surface area contributed by atoms with E-state index in [9.17, 15) is 4.91 Å². The molecule has 64 valence electrons. The van der Waals surface area contributed by atoms with Gasteiger partial charge in [-0.1, -0.05) is 31.9 Å². The zero-order chi connectivity index (χ0) is 8.32. The van der Waals surface area contributed by atoms with Crippen LogP contribution in [0.5, 0.6) is 0 Å². The first-order chi connectivity index (χ1) is 5.29. The van der Waals surface area contributed by atoms with Crippen LogP contribution in [0.15, 0.2) is 5.18 Å². The third-order valence-corrected chi connectivity index (χ3v) is 3.01. The second-order valence-corrected chi connectivity index (χ2v) is 3.64. The van der Waals surface area contributed by atoms with E-state index in [1.807, 2.05) is 0 Å². The minimum Gasteiger partial charge on any atom is -0.150 e. The number of unbranched alkanes of at least 4 members (excludes halogenated alkanes) is 1. The Balaban J connectivity index is 2.33. The molecule has 2 unspecified atom stereocenters. The number of nitroso groups, excluding NO2 is 1. The molecular formula is C9H17NO. The molecular weight excluding hydrogens is 138 g/mol. The summed E-state index contributed by atoms with van der Waals surface area (Å²) in [5.74, 6) is 0. The van der Waals surface area contributed by atoms with Gasteiger partial charge in [-0.15, -0.1) is 0 Å². The van der Waals surface area contributed by atoms with Crippen LogP contribution in [-0.2, 0) is 0 Å². The predicted octanol–water partition coefficient (Wildman–Crippen LogP) is 3.11. The minimum absolute atomic E-state index is 0.152. The van der Waals surface area contributed by atoms with Crippen LogP contribution < -0.4 is 0 Å². The highest BCUT2D eigenvalue weighted by atomic mass is 16.3. The molecule has 0 aliphatic heterocycles. The normalized spacial score (nSPS) is 35.3. The molecule has 2 atom stereocenters. The SMILES string of the molecule is CCCCC1(CC)CC1N=O. The quantitative estimate of drug-likeness (QED) is 0.561. The fraction of sp³-hybridized carbons (Fsp3) is 1.00. The molecule has 2 heteroatoms. The van der Waals surface area contributed by atoms with Crippen LogP contribution in [0.4, 0.5) is 0 Å². The average Bonchev–Trinajstić information content (AvgIpc) is 2.76. The van der Waals surface area contributed by atoms with Crippen molar-refractivity contribution in [2.45, 2.75) is 52.0 Å². The zero-order valence-corrected chi connectivity index (χ0v) is 7.47. The van der Waals surface area contributed by atoms with Crippen LogP contribution in [0.25, 0.3) is 0 Å². The Kier molecular flexibility index (Phi) is 2.63. The van der Waals surface area contributed by atoms with E-state index < -0.39 is 0 Å². The average molecular weight is 155 g/mol. The molecule has 1 saturated carbocycles. The van der Waals surface area contributed by atoms with Crippen LogP contribution >= 0.6 is 0 Å². The molecule has 1 aliphatic rings. The lowest BCUT2D eigenvalue weighted by Crippen LogP contribution is -2.03. The van der Waals surface area contributed by atoms with Gasteiger partial charge in [0.1, 0.15) is 0 Å². The molecule has 0 radical (unpaired) electrons. The lowest BCUT2D eigenvalue weighted by Gasteiger charge is -2.10. The highest BCUT2D eigenvalue weighted by Gasteiger charge is 2.53. The van der Waals surface area contributed by atoms with E-state index in [1.165, 1.54) is 19.3 Å². The number of rotatable bonds is 5. The summed E-state index contributed by atoms with van der Waals surface area (Å²) in [6.45, 7) is 4.36. The molecule has 0 heterocycles. The van der Waals surface area contributed by atoms with E-state index in [-0.39, 0.29) is 6.04 Å². The van der Waals surface area contributed by atoms with Crippen molar-refractivity contribution in [3.05, 3.63) is 4.91 Å². The smallest absolute Gasteiger partial charge is 0.0982 e. The van der Waals surface area contributed by atoms with Gasteiger partial charge in [-0.25, -0.2) is 0 Å². The van der Waals surface area contributed by atoms with Gasteiger partial charge in [0.25, 0.3) is 0 Å². The molecule has 0 spiro atoms. The maximum Gasteiger partial charge on any atom is 0.0982 e. The molecule has 1 fully saturated rings. The van der Waals surface area contributed by atoms with Crippen LogP contribution in [0, 0.1) is 10.3 Å². The topological polar surface area (TPSA) is 29.4 Å². The summed E-state index contributed by atoms with van der Waals surface area (Å²) in [6.07, 6.45) is 5.86. The standard InChI is InChI=1S/C9H17NO/c1-3-5-6-9(4-2)7-8(9)10-11/h8H,3-7H2,1-2H3. The molecule has 0 aromatic rings. The first-order valence-electron chi connectivity index (χ1n) is 4.61. The van der Waals surface area contributed by atoms with Gasteiger partial charge in [-0.3, -0.25) is 0 Å². The largest absolute Gasteiger partial charge is 0.150 e. The Labute approximate surface area is 68.3 Å². The molecule has 0 bridgehead atoms. The Bertz CT molecular complexity index is 146. The molecule has 0 saturated heterocycles. The third kappa shape index (κ3) is 1.60. The lowest BCUT2D eigenvalue weighted by atomic mass is 9.95. The summed E-state index contributed by atoms with van der Waals surface area (Å²) in [4.78, 5) is 10.3. The van der Waals surface area contributed by atoms with Crippen molar-refractivity contribution in [3.8, 4) is 0 Å². The molecule has 0 amide bonds. The Morgan fingerprint density at radius 1 is 1.55 bits per heavy atom. The van der Waals surface area contributed by atoms with Crippen molar-refractivity contribution >= 4 is 0 Å². The van der Waals surface area contributed by atoms with Gasteiger partial charge in [0.05, 0.1) is 6.04 Å². The van der Waals surface area contributed by atoms with Crippen molar-refractivity contribution in [3.63, 3.8) is 0 Å². The minimum atomic E-state index is 0.152. The van der Waals surface area contributed by atoms with Crippen molar-refractivity contribution in [2.75, 3.05) is 0 Å². The summed E-state index contributed by atoms with van der Waals surface area (Å²) in [6, 6.07) is 0.152. The summed E-state index contributed by atoms with van der Waals surface area (Å²) < 4.78 is 0. The predicted molar refractivity (Wildman–Crippen MR) is 46.4 cm³/mol. The van der Waals surface area contributed by atoms with Crippen molar-refractivity contribution < 1.29 is 0 Å². The maximum absolute atomic E-state index is 10.3. The molecule has 1 aliphatic carbocycles. The molecule has 2 nitrogen and oxygen atoms in total. The third-order valence-electron chi connectivity index (χ3n) is 3.01. The van der Waals surface area contributed by atoms with Gasteiger partial charge in [-0.2, -0.15) is 4.91 Å². The van der Waals surface area contributed by atoms with E-state index in [1.54, 1.807) is 0 Å². The number of nitrogens with zero attached hydrogens (tertiary/aromatic N) is 1. The van der Waals surface area contributed by atoms with Crippen LogP contribution in [0.3, 0.4) is 0 Å². The van der Waals surface area contributed by atoms with Gasteiger partial charge in [0, 0.05) is 0 Å². The highest BCUT2D eigenvalue weighted by molar-refractivity contribution is 5.06. The van der Waals surface area contributed by atoms with Gasteiger partial charge < -0.3 is 0 Å². The molecule has 0 aromatic heterocycles. The second-order valence-electron chi connectivity index (χ2n) is 3.64. The Morgan fingerprint density at radius 2 is 2.27 bits per heavy atom. The number of hydrogen-bond acceptors (Lipinski definition) is 2. The van der Waals surface area contributed by atoms with Crippen molar-refractivity contribution in [1.82, 2.24) is 0 Å². The molecule has 1 rings (SSSR count). The lowest BCUT2D eigenvalue weighted by molar-refractivity contribution is 0.415. The van der Waals surface area contributed by atoms with Gasteiger partial charge >= 0.3 is 0 Å². The first kappa shape index (κ1) is 8.69. The van der Waals surface area contributed by atoms with Crippen molar-refractivity contribution in [1.29, 1.82) is 0 Å².